The molecule has 2 amide bonds. The van der Waals surface area contributed by atoms with Gasteiger partial charge in [-0.25, -0.2) is 9.59 Å². The largest absolute Gasteiger partial charge is 0.481 e. The van der Waals surface area contributed by atoms with Crippen molar-refractivity contribution in [1.82, 2.24) is 10.6 Å². The molecule has 0 aromatic heterocycles. The summed E-state index contributed by atoms with van der Waals surface area (Å²) in [6, 6.07) is 15.2. The molecule has 0 radical (unpaired) electrons. The zero-order valence-electron chi connectivity index (χ0n) is 24.6. The van der Waals surface area contributed by atoms with E-state index in [1.54, 1.807) is 34.6 Å². The maximum Gasteiger partial charge on any atom is 0.407 e. The molecule has 2 atom stereocenters. The molecule has 0 heterocycles. The summed E-state index contributed by atoms with van der Waals surface area (Å²) in [7, 11) is 0. The highest BCUT2D eigenvalue weighted by Gasteiger charge is 2.32. The van der Waals surface area contributed by atoms with E-state index in [9.17, 15) is 24.3 Å². The predicted octanol–water partition coefficient (Wildman–Crippen LogP) is 5.90. The Morgan fingerprint density at radius 1 is 0.902 bits per heavy atom. The fourth-order valence-corrected chi connectivity index (χ4v) is 5.09. The van der Waals surface area contributed by atoms with Crippen molar-refractivity contribution >= 4 is 23.9 Å². The molecule has 3 N–H and O–H groups in total. The summed E-state index contributed by atoms with van der Waals surface area (Å²) in [5.74, 6) is -2.68. The molecule has 222 valence electrons. The third-order valence-corrected chi connectivity index (χ3v) is 7.07. The van der Waals surface area contributed by atoms with Gasteiger partial charge in [0.25, 0.3) is 0 Å². The lowest BCUT2D eigenvalue weighted by Crippen LogP contribution is -2.45. The third kappa shape index (κ3) is 9.06. The van der Waals surface area contributed by atoms with Gasteiger partial charge in [-0.15, -0.1) is 0 Å². The van der Waals surface area contributed by atoms with Gasteiger partial charge in [-0.2, -0.15) is 0 Å². The number of alkyl carbamates (subject to hydrolysis) is 2. The lowest BCUT2D eigenvalue weighted by Gasteiger charge is -2.23. The van der Waals surface area contributed by atoms with Gasteiger partial charge in [-0.05, 0) is 61.8 Å². The summed E-state index contributed by atoms with van der Waals surface area (Å²) >= 11 is 0. The number of fused-ring (bicyclic) bond motifs is 3. The molecule has 1 aliphatic carbocycles. The van der Waals surface area contributed by atoms with Gasteiger partial charge in [0, 0.05) is 18.9 Å². The predicted molar refractivity (Wildman–Crippen MR) is 156 cm³/mol. The zero-order chi connectivity index (χ0) is 30.2. The summed E-state index contributed by atoms with van der Waals surface area (Å²) in [4.78, 5) is 49.6. The van der Waals surface area contributed by atoms with Crippen molar-refractivity contribution in [3.63, 3.8) is 0 Å². The molecule has 41 heavy (non-hydrogen) atoms. The van der Waals surface area contributed by atoms with E-state index in [0.717, 1.165) is 22.3 Å². The van der Waals surface area contributed by atoms with Gasteiger partial charge in [-0.3, -0.25) is 9.59 Å². The Kier molecular flexibility index (Phi) is 10.9. The van der Waals surface area contributed by atoms with Gasteiger partial charge in [-0.1, -0.05) is 68.8 Å². The highest BCUT2D eigenvalue weighted by atomic mass is 16.6. The van der Waals surface area contributed by atoms with Crippen LogP contribution in [0.5, 0.6) is 0 Å². The van der Waals surface area contributed by atoms with Crippen LogP contribution in [0, 0.1) is 11.8 Å². The number of benzene rings is 2. The van der Waals surface area contributed by atoms with Crippen LogP contribution in [0.4, 0.5) is 9.59 Å². The Morgan fingerprint density at radius 3 is 2.02 bits per heavy atom. The Morgan fingerprint density at radius 2 is 1.49 bits per heavy atom. The molecule has 0 spiro atoms. The summed E-state index contributed by atoms with van der Waals surface area (Å²) in [5.41, 5.74) is 3.81. The SMILES string of the molecule is CC(C)[C@H](NC(=O)OCC1c2ccccc2-c2ccccc21)C(=O)C[C@@H](CCCCNC(=O)OC(C)(C)C)C(=O)O. The maximum atomic E-state index is 13.1. The first-order chi connectivity index (χ1) is 19.4. The van der Waals surface area contributed by atoms with Crippen molar-refractivity contribution in [2.75, 3.05) is 13.2 Å². The van der Waals surface area contributed by atoms with Crippen LogP contribution < -0.4 is 10.6 Å². The minimum absolute atomic E-state index is 0.109. The van der Waals surface area contributed by atoms with Gasteiger partial charge in [0.2, 0.25) is 0 Å². The van der Waals surface area contributed by atoms with E-state index < -0.39 is 35.7 Å². The molecule has 1 aliphatic rings. The van der Waals surface area contributed by atoms with Crippen LogP contribution in [0.25, 0.3) is 11.1 Å². The smallest absolute Gasteiger partial charge is 0.407 e. The first kappa shape index (κ1) is 31.6. The Labute approximate surface area is 242 Å². The molecule has 0 fully saturated rings. The van der Waals surface area contributed by atoms with Gasteiger partial charge >= 0.3 is 18.2 Å². The number of hydrogen-bond donors (Lipinski definition) is 3. The quantitative estimate of drug-likeness (QED) is 0.257. The average molecular weight is 567 g/mol. The second-order valence-corrected chi connectivity index (χ2v) is 11.8. The monoisotopic (exact) mass is 566 g/mol. The third-order valence-electron chi connectivity index (χ3n) is 7.07. The van der Waals surface area contributed by atoms with E-state index in [4.69, 9.17) is 9.47 Å². The molecular formula is C32H42N2O7. The van der Waals surface area contributed by atoms with Crippen molar-refractivity contribution in [2.24, 2.45) is 11.8 Å². The number of hydrogen-bond acceptors (Lipinski definition) is 6. The van der Waals surface area contributed by atoms with Crippen molar-refractivity contribution in [3.8, 4) is 11.1 Å². The molecule has 9 heteroatoms. The fraction of sp³-hybridized carbons (Fsp3) is 0.500. The van der Waals surface area contributed by atoms with E-state index in [2.05, 4.69) is 22.8 Å². The molecule has 2 aromatic carbocycles. The molecule has 0 saturated carbocycles. The lowest BCUT2D eigenvalue weighted by atomic mass is 9.90. The molecule has 0 bridgehead atoms. The number of carbonyl (C=O) groups excluding carboxylic acids is 3. The Balaban J connectivity index is 1.50. The van der Waals surface area contributed by atoms with E-state index >= 15 is 0 Å². The number of rotatable bonds is 13. The minimum atomic E-state index is -1.07. The maximum absolute atomic E-state index is 13.1. The summed E-state index contributed by atoms with van der Waals surface area (Å²) in [6.07, 6.45) is -0.121. The number of carboxylic acids is 1. The number of aliphatic carboxylic acids is 1. The van der Waals surface area contributed by atoms with Crippen molar-refractivity contribution in [2.45, 2.75) is 77.9 Å². The van der Waals surface area contributed by atoms with E-state index in [1.165, 1.54) is 0 Å². The Hall–Kier alpha value is -3.88. The van der Waals surface area contributed by atoms with Crippen molar-refractivity contribution < 1.29 is 33.8 Å². The van der Waals surface area contributed by atoms with Crippen LogP contribution >= 0.6 is 0 Å². The number of Topliss-reactive ketones (excluding diaryl/α,β-unsaturated/α-hetero) is 1. The van der Waals surface area contributed by atoms with Gasteiger partial charge < -0.3 is 25.2 Å². The van der Waals surface area contributed by atoms with Crippen molar-refractivity contribution in [1.29, 1.82) is 0 Å². The fourth-order valence-electron chi connectivity index (χ4n) is 5.09. The minimum Gasteiger partial charge on any atom is -0.481 e. The van der Waals surface area contributed by atoms with Gasteiger partial charge in [0.1, 0.15) is 12.2 Å². The van der Waals surface area contributed by atoms with Crippen LogP contribution in [0.15, 0.2) is 48.5 Å². The normalized spacial score (nSPS) is 14.0. The number of ketones is 1. The number of carboxylic acid groups (broad SMARTS) is 1. The molecule has 0 saturated heterocycles. The molecule has 2 aromatic rings. The number of ether oxygens (including phenoxy) is 2. The number of nitrogens with one attached hydrogen (secondary N) is 2. The second-order valence-electron chi connectivity index (χ2n) is 11.8. The van der Waals surface area contributed by atoms with Crippen LogP contribution in [0.1, 0.15) is 77.3 Å². The molecule has 0 unspecified atom stereocenters. The first-order valence-electron chi connectivity index (χ1n) is 14.2. The van der Waals surface area contributed by atoms with Crippen LogP contribution in [0.3, 0.4) is 0 Å². The van der Waals surface area contributed by atoms with E-state index in [1.807, 2.05) is 36.4 Å². The lowest BCUT2D eigenvalue weighted by molar-refractivity contribution is -0.144. The first-order valence-corrected chi connectivity index (χ1v) is 14.2. The second kappa shape index (κ2) is 14.1. The molecular weight excluding hydrogens is 524 g/mol. The van der Waals surface area contributed by atoms with Gasteiger partial charge in [0.15, 0.2) is 5.78 Å². The van der Waals surface area contributed by atoms with Gasteiger partial charge in [0.05, 0.1) is 12.0 Å². The summed E-state index contributed by atoms with van der Waals surface area (Å²) in [5, 5.41) is 15.0. The van der Waals surface area contributed by atoms with Crippen LogP contribution in [0.2, 0.25) is 0 Å². The number of amides is 2. The van der Waals surface area contributed by atoms with E-state index in [0.29, 0.717) is 19.4 Å². The molecule has 0 aliphatic heterocycles. The highest BCUT2D eigenvalue weighted by Crippen LogP contribution is 2.44. The highest BCUT2D eigenvalue weighted by molar-refractivity contribution is 5.90. The van der Waals surface area contributed by atoms with Crippen LogP contribution in [-0.4, -0.2) is 53.8 Å². The topological polar surface area (TPSA) is 131 Å². The zero-order valence-corrected chi connectivity index (χ0v) is 24.6. The van der Waals surface area contributed by atoms with Crippen LogP contribution in [-0.2, 0) is 19.1 Å². The number of carbonyl (C=O) groups is 4. The molecule has 3 rings (SSSR count). The van der Waals surface area contributed by atoms with Crippen molar-refractivity contribution in [3.05, 3.63) is 59.7 Å². The summed E-state index contributed by atoms with van der Waals surface area (Å²) in [6.45, 7) is 9.37. The molecule has 9 nitrogen and oxygen atoms in total. The number of unbranched alkanes of at least 4 members (excludes halogenated alkanes) is 1. The summed E-state index contributed by atoms with van der Waals surface area (Å²) < 4.78 is 10.8. The Bertz CT molecular complexity index is 1190. The average Bonchev–Trinajstić information content (AvgIpc) is 3.22. The van der Waals surface area contributed by atoms with E-state index in [-0.39, 0.29) is 37.1 Å². The standard InChI is InChI=1S/C32H42N2O7/c1-20(2)28(27(35)18-21(29(36)37)12-10-11-17-33-30(38)41-32(3,4)5)34-31(39)40-19-26-24-15-8-6-13-22(24)23-14-7-9-16-25(23)26/h6-9,13-16,20-21,26,28H,10-12,17-19H2,1-5H3,(H,33,38)(H,34,39)(H,36,37)/t21-,28+/m1/s1.